The third kappa shape index (κ3) is 5.82. The van der Waals surface area contributed by atoms with Crippen molar-refractivity contribution in [3.05, 3.63) is 87.0 Å². The first-order valence-electron chi connectivity index (χ1n) is 13.6. The Morgan fingerprint density at radius 2 is 1.76 bits per heavy atom. The Morgan fingerprint density at radius 3 is 2.37 bits per heavy atom. The molecule has 2 amide bonds. The van der Waals surface area contributed by atoms with Crippen LogP contribution >= 0.6 is 22.9 Å². The smallest absolute Gasteiger partial charge is 0.266 e. The number of nitrogens with one attached hydrogen (secondary N) is 1. The fourth-order valence-corrected chi connectivity index (χ4v) is 7.32. The number of carbonyl (C=O) groups excluding carboxylic acids is 2. The van der Waals surface area contributed by atoms with Gasteiger partial charge >= 0.3 is 0 Å². The molecule has 0 radical (unpaired) electrons. The number of ether oxygens (including phenoxy) is 1. The summed E-state index contributed by atoms with van der Waals surface area (Å²) in [7, 11) is 3.58. The molecular formula is C32H33ClFN3O3S. The number of nitrogens with two attached hydrogens (primary N) is 1. The number of thiophene rings is 1. The largest absolute Gasteiger partial charge is 0.496 e. The molecule has 41 heavy (non-hydrogen) atoms. The second-order valence-corrected chi connectivity index (χ2v) is 11.9. The summed E-state index contributed by atoms with van der Waals surface area (Å²) in [6.07, 6.45) is 3.57. The number of carbonyl (C=O) groups is 2. The number of fused-ring (bicyclic) bond motifs is 1. The summed E-state index contributed by atoms with van der Waals surface area (Å²) < 4.78 is 20.9. The van der Waals surface area contributed by atoms with Gasteiger partial charge in [0.05, 0.1) is 16.8 Å². The maximum Gasteiger partial charge on any atom is 0.266 e. The highest BCUT2D eigenvalue weighted by molar-refractivity contribution is 7.21. The lowest BCUT2D eigenvalue weighted by Crippen LogP contribution is -2.44. The number of halogens is 2. The van der Waals surface area contributed by atoms with E-state index in [1.807, 2.05) is 49.2 Å². The molecule has 5 rings (SSSR count). The van der Waals surface area contributed by atoms with E-state index < -0.39 is 5.91 Å². The van der Waals surface area contributed by atoms with E-state index >= 15 is 0 Å². The molecule has 6 nitrogen and oxygen atoms in total. The van der Waals surface area contributed by atoms with Crippen LogP contribution in [0.2, 0.25) is 5.02 Å². The van der Waals surface area contributed by atoms with E-state index in [9.17, 15) is 14.0 Å². The van der Waals surface area contributed by atoms with Gasteiger partial charge in [0.25, 0.3) is 5.91 Å². The van der Waals surface area contributed by atoms with Gasteiger partial charge in [0.15, 0.2) is 0 Å². The van der Waals surface area contributed by atoms with Crippen molar-refractivity contribution in [2.45, 2.75) is 51.2 Å². The van der Waals surface area contributed by atoms with E-state index in [0.29, 0.717) is 43.9 Å². The predicted molar refractivity (Wildman–Crippen MR) is 163 cm³/mol. The Bertz CT molecular complexity index is 1600. The van der Waals surface area contributed by atoms with Gasteiger partial charge in [-0.05, 0) is 86.7 Å². The van der Waals surface area contributed by atoms with Crippen LogP contribution in [0.15, 0.2) is 54.6 Å². The molecule has 0 atom stereocenters. The van der Waals surface area contributed by atoms with Crippen LogP contribution in [0.1, 0.15) is 56.8 Å². The topological polar surface area (TPSA) is 84.7 Å². The first kappa shape index (κ1) is 29.0. The van der Waals surface area contributed by atoms with Crippen molar-refractivity contribution in [2.75, 3.05) is 14.2 Å². The van der Waals surface area contributed by atoms with E-state index in [4.69, 9.17) is 22.1 Å². The number of rotatable bonds is 8. The Hall–Kier alpha value is -3.46. The molecule has 3 N–H and O–H groups in total. The molecule has 3 aromatic carbocycles. The fourth-order valence-electron chi connectivity index (χ4n) is 5.69. The van der Waals surface area contributed by atoms with Crippen molar-refractivity contribution < 1.29 is 18.7 Å². The Morgan fingerprint density at radius 1 is 1.07 bits per heavy atom. The van der Waals surface area contributed by atoms with Crippen LogP contribution in [-0.2, 0) is 6.54 Å². The summed E-state index contributed by atoms with van der Waals surface area (Å²) >= 11 is 7.90. The molecule has 0 unspecified atom stereocenters. The van der Waals surface area contributed by atoms with Gasteiger partial charge in [-0.3, -0.25) is 9.59 Å². The monoisotopic (exact) mass is 593 g/mol. The summed E-state index contributed by atoms with van der Waals surface area (Å²) in [5, 5.41) is 4.25. The molecule has 1 aliphatic carbocycles. The molecule has 0 bridgehead atoms. The summed E-state index contributed by atoms with van der Waals surface area (Å²) in [6, 6.07) is 16.4. The first-order chi connectivity index (χ1) is 19.7. The minimum atomic E-state index is -0.482. The molecular weight excluding hydrogens is 561 g/mol. The average Bonchev–Trinajstić information content (AvgIpc) is 3.35. The highest BCUT2D eigenvalue weighted by Gasteiger charge is 2.32. The average molecular weight is 594 g/mol. The standard InChI is InChI=1S/C32H33ClFN3O3S/c1-18-4-14-25(34)29-27(18)28(33)30(41-29)32(39)37(24-12-10-23(36-2)11-13-24)17-22-16-21(9-15-26(22)40-3)19-5-7-20(8-6-19)31(35)38/h4-9,14-16,23-24,36H,10-13,17H2,1-3H3,(H2,35,38)/t23-,24-. The van der Waals surface area contributed by atoms with Crippen LogP contribution < -0.4 is 15.8 Å². The quantitative estimate of drug-likeness (QED) is 0.231. The van der Waals surface area contributed by atoms with E-state index in [1.54, 1.807) is 25.3 Å². The first-order valence-corrected chi connectivity index (χ1v) is 14.8. The van der Waals surface area contributed by atoms with Gasteiger partial charge in [0.2, 0.25) is 5.91 Å². The van der Waals surface area contributed by atoms with Gasteiger partial charge in [-0.15, -0.1) is 11.3 Å². The SMILES string of the molecule is CN[C@H]1CC[C@H](N(Cc2cc(-c3ccc(C(N)=O)cc3)ccc2OC)C(=O)c2sc3c(F)ccc(C)c3c2Cl)CC1. The van der Waals surface area contributed by atoms with Crippen molar-refractivity contribution in [2.24, 2.45) is 5.73 Å². The molecule has 9 heteroatoms. The lowest BCUT2D eigenvalue weighted by atomic mass is 9.89. The molecule has 1 heterocycles. The van der Waals surface area contributed by atoms with Crippen LogP contribution in [0, 0.1) is 12.7 Å². The lowest BCUT2D eigenvalue weighted by Gasteiger charge is -2.37. The normalized spacial score (nSPS) is 17.0. The number of primary amides is 1. The molecule has 1 saturated carbocycles. The van der Waals surface area contributed by atoms with Crippen LogP contribution in [0.5, 0.6) is 5.75 Å². The van der Waals surface area contributed by atoms with Crippen LogP contribution in [0.4, 0.5) is 4.39 Å². The Labute approximate surface area is 248 Å². The number of nitrogens with zero attached hydrogens (tertiary/aromatic N) is 1. The Kier molecular flexibility index (Phi) is 8.63. The number of benzene rings is 3. The van der Waals surface area contributed by atoms with Crippen molar-refractivity contribution >= 4 is 44.8 Å². The lowest BCUT2D eigenvalue weighted by molar-refractivity contribution is 0.0604. The minimum Gasteiger partial charge on any atom is -0.496 e. The maximum atomic E-state index is 14.8. The third-order valence-corrected chi connectivity index (χ3v) is 9.74. The summed E-state index contributed by atoms with van der Waals surface area (Å²) in [6.45, 7) is 2.17. The van der Waals surface area contributed by atoms with Gasteiger partial charge < -0.3 is 20.7 Å². The maximum absolute atomic E-state index is 14.8. The van der Waals surface area contributed by atoms with Crippen molar-refractivity contribution in [3.63, 3.8) is 0 Å². The second kappa shape index (κ2) is 12.2. The van der Waals surface area contributed by atoms with E-state index in [0.717, 1.165) is 59.3 Å². The molecule has 0 aliphatic heterocycles. The van der Waals surface area contributed by atoms with Crippen molar-refractivity contribution in [1.82, 2.24) is 10.2 Å². The third-order valence-electron chi connectivity index (χ3n) is 8.07. The molecule has 214 valence electrons. The molecule has 4 aromatic rings. The summed E-state index contributed by atoms with van der Waals surface area (Å²) in [4.78, 5) is 28.1. The molecule has 0 spiro atoms. The number of hydrogen-bond acceptors (Lipinski definition) is 5. The highest BCUT2D eigenvalue weighted by atomic mass is 35.5. The zero-order chi connectivity index (χ0) is 29.3. The number of amides is 2. The van der Waals surface area contributed by atoms with E-state index in [2.05, 4.69) is 5.32 Å². The van der Waals surface area contributed by atoms with Gasteiger partial charge in [-0.25, -0.2) is 4.39 Å². The van der Waals surface area contributed by atoms with Crippen LogP contribution in [0.3, 0.4) is 0 Å². The predicted octanol–water partition coefficient (Wildman–Crippen LogP) is 6.95. The van der Waals surface area contributed by atoms with Gasteiger partial charge in [-0.2, -0.15) is 0 Å². The fraction of sp³-hybridized carbons (Fsp3) is 0.312. The van der Waals surface area contributed by atoms with E-state index in [1.165, 1.54) is 6.07 Å². The van der Waals surface area contributed by atoms with Gasteiger partial charge in [-0.1, -0.05) is 35.9 Å². The van der Waals surface area contributed by atoms with Crippen LogP contribution in [0.25, 0.3) is 21.2 Å². The molecule has 1 fully saturated rings. The van der Waals surface area contributed by atoms with Crippen molar-refractivity contribution in [1.29, 1.82) is 0 Å². The number of aryl methyl sites for hydroxylation is 1. The zero-order valence-corrected chi connectivity index (χ0v) is 24.9. The molecule has 1 aliphatic rings. The van der Waals surface area contributed by atoms with Gasteiger partial charge in [0, 0.05) is 35.1 Å². The van der Waals surface area contributed by atoms with Crippen LogP contribution in [-0.4, -0.2) is 43.0 Å². The number of hydrogen-bond donors (Lipinski definition) is 2. The van der Waals surface area contributed by atoms with Crippen molar-refractivity contribution in [3.8, 4) is 16.9 Å². The van der Waals surface area contributed by atoms with Gasteiger partial charge in [0.1, 0.15) is 16.4 Å². The Balaban J connectivity index is 1.54. The summed E-state index contributed by atoms with van der Waals surface area (Å²) in [5.74, 6) is -0.409. The molecule has 0 saturated heterocycles. The highest BCUT2D eigenvalue weighted by Crippen LogP contribution is 2.41. The minimum absolute atomic E-state index is 0.0115. The zero-order valence-electron chi connectivity index (χ0n) is 23.3. The number of methoxy groups -OCH3 is 1. The summed E-state index contributed by atoms with van der Waals surface area (Å²) in [5.41, 5.74) is 9.34. The van der Waals surface area contributed by atoms with E-state index in [-0.39, 0.29) is 17.8 Å². The second-order valence-electron chi connectivity index (χ2n) is 10.5. The molecule has 1 aromatic heterocycles.